The summed E-state index contributed by atoms with van der Waals surface area (Å²) in [5.41, 5.74) is 11.9. The van der Waals surface area contributed by atoms with Crippen LogP contribution in [0.2, 0.25) is 0 Å². The molecule has 1 aliphatic rings. The first kappa shape index (κ1) is 19.1. The Bertz CT molecular complexity index is 1230. The highest BCUT2D eigenvalue weighted by atomic mass is 16.2. The van der Waals surface area contributed by atoms with Crippen molar-refractivity contribution in [2.75, 3.05) is 10.7 Å². The number of fused-ring (bicyclic) bond motifs is 2. The molecule has 148 valence electrons. The van der Waals surface area contributed by atoms with E-state index in [1.165, 1.54) is 5.01 Å². The molecule has 30 heavy (non-hydrogen) atoms. The molecule has 1 amide bonds. The van der Waals surface area contributed by atoms with Crippen LogP contribution in [-0.2, 0) is 4.79 Å². The van der Waals surface area contributed by atoms with Crippen molar-refractivity contribution in [2.24, 2.45) is 0 Å². The first-order valence-corrected chi connectivity index (χ1v) is 9.33. The van der Waals surface area contributed by atoms with E-state index in [0.29, 0.717) is 22.5 Å². The number of anilines is 3. The number of carbonyl (C=O) groups is 3. The van der Waals surface area contributed by atoms with E-state index < -0.39 is 5.91 Å². The fourth-order valence-electron chi connectivity index (χ4n) is 3.60. The van der Waals surface area contributed by atoms with Crippen molar-refractivity contribution >= 4 is 34.5 Å². The minimum atomic E-state index is -0.461. The van der Waals surface area contributed by atoms with Crippen LogP contribution in [0.4, 0.5) is 17.1 Å². The van der Waals surface area contributed by atoms with Crippen LogP contribution in [0.3, 0.4) is 0 Å². The zero-order chi connectivity index (χ0) is 21.4. The van der Waals surface area contributed by atoms with Crippen molar-refractivity contribution in [1.29, 1.82) is 0 Å². The summed E-state index contributed by atoms with van der Waals surface area (Å²) in [6, 6.07) is 17.2. The van der Waals surface area contributed by atoms with Crippen LogP contribution in [0.5, 0.6) is 0 Å². The summed E-state index contributed by atoms with van der Waals surface area (Å²) in [4.78, 5) is 38.8. The Labute approximate surface area is 173 Å². The van der Waals surface area contributed by atoms with Crippen molar-refractivity contribution in [3.05, 3.63) is 101 Å². The third-order valence-corrected chi connectivity index (χ3v) is 4.99. The van der Waals surface area contributed by atoms with Gasteiger partial charge >= 0.3 is 0 Å². The molecule has 0 heterocycles. The number of nitrogen functional groups attached to an aromatic ring is 1. The molecule has 4 rings (SSSR count). The summed E-state index contributed by atoms with van der Waals surface area (Å²) >= 11 is 0. The van der Waals surface area contributed by atoms with Crippen LogP contribution in [-0.4, -0.2) is 17.5 Å². The van der Waals surface area contributed by atoms with Gasteiger partial charge in [-0.3, -0.25) is 24.8 Å². The normalized spacial score (nSPS) is 12.0. The Morgan fingerprint density at radius 1 is 0.967 bits per heavy atom. The van der Waals surface area contributed by atoms with Gasteiger partial charge in [-0.05, 0) is 42.8 Å². The molecule has 0 saturated heterocycles. The predicted molar refractivity (Wildman–Crippen MR) is 116 cm³/mol. The highest BCUT2D eigenvalue weighted by Gasteiger charge is 2.35. The topological polar surface area (TPSA) is 92.5 Å². The molecule has 3 aromatic rings. The molecule has 0 fully saturated rings. The van der Waals surface area contributed by atoms with Crippen LogP contribution < -0.4 is 16.2 Å². The fourth-order valence-corrected chi connectivity index (χ4v) is 3.60. The van der Waals surface area contributed by atoms with Crippen LogP contribution in [0, 0.1) is 6.92 Å². The molecule has 0 saturated carbocycles. The number of aryl methyl sites for hydroxylation is 1. The summed E-state index contributed by atoms with van der Waals surface area (Å²) in [6.45, 7) is 5.41. The molecule has 0 aromatic heterocycles. The summed E-state index contributed by atoms with van der Waals surface area (Å²) in [6.07, 6.45) is 1.13. The second-order valence-electron chi connectivity index (χ2n) is 6.98. The van der Waals surface area contributed by atoms with E-state index in [1.807, 2.05) is 25.1 Å². The number of amides is 1. The standard InChI is InChI=1S/C24H19N3O3/c1-3-20(28)26-27(15-8-6-7-14(2)13-15)19-12-11-18(25)21-22(19)24(30)17-10-5-4-9-16(17)23(21)29/h3-13H,1,25H2,2H3,(H,26,28). The van der Waals surface area contributed by atoms with E-state index in [9.17, 15) is 14.4 Å². The smallest absolute Gasteiger partial charge is 0.262 e. The van der Waals surface area contributed by atoms with Crippen molar-refractivity contribution in [3.8, 4) is 0 Å². The Balaban J connectivity index is 1.98. The van der Waals surface area contributed by atoms with E-state index in [2.05, 4.69) is 12.0 Å². The monoisotopic (exact) mass is 397 g/mol. The number of hydrogen-bond donors (Lipinski definition) is 2. The van der Waals surface area contributed by atoms with Gasteiger partial charge in [-0.25, -0.2) is 0 Å². The maximum Gasteiger partial charge on any atom is 0.262 e. The molecule has 0 radical (unpaired) electrons. The molecular formula is C24H19N3O3. The molecule has 6 nitrogen and oxygen atoms in total. The number of nitrogens with two attached hydrogens (primary N) is 1. The zero-order valence-electron chi connectivity index (χ0n) is 16.3. The molecule has 3 aromatic carbocycles. The van der Waals surface area contributed by atoms with E-state index in [-0.39, 0.29) is 28.4 Å². The number of rotatable bonds is 4. The van der Waals surface area contributed by atoms with Crippen molar-refractivity contribution in [3.63, 3.8) is 0 Å². The number of benzene rings is 3. The predicted octanol–water partition coefficient (Wildman–Crippen LogP) is 3.71. The Morgan fingerprint density at radius 3 is 2.27 bits per heavy atom. The van der Waals surface area contributed by atoms with Crippen molar-refractivity contribution in [1.82, 2.24) is 5.43 Å². The van der Waals surface area contributed by atoms with Gasteiger partial charge in [0.15, 0.2) is 11.6 Å². The second-order valence-corrected chi connectivity index (χ2v) is 6.98. The van der Waals surface area contributed by atoms with E-state index >= 15 is 0 Å². The van der Waals surface area contributed by atoms with Gasteiger partial charge in [-0.15, -0.1) is 0 Å². The summed E-state index contributed by atoms with van der Waals surface area (Å²) in [7, 11) is 0. The lowest BCUT2D eigenvalue weighted by atomic mass is 9.82. The fraction of sp³-hybridized carbons (Fsp3) is 0.0417. The summed E-state index contributed by atoms with van der Waals surface area (Å²) < 4.78 is 0. The Kier molecular flexibility index (Phi) is 4.68. The molecule has 1 aliphatic carbocycles. The van der Waals surface area contributed by atoms with Gasteiger partial charge in [0.25, 0.3) is 5.91 Å². The third-order valence-electron chi connectivity index (χ3n) is 4.99. The number of hydrazine groups is 1. The minimum Gasteiger partial charge on any atom is -0.398 e. The van der Waals surface area contributed by atoms with Gasteiger partial charge in [0.05, 0.1) is 22.5 Å². The molecule has 0 bridgehead atoms. The number of ketones is 2. The number of carbonyl (C=O) groups excluding carboxylic acids is 3. The number of hydrogen-bond acceptors (Lipinski definition) is 5. The molecule has 0 unspecified atom stereocenters. The lowest BCUT2D eigenvalue weighted by molar-refractivity contribution is -0.116. The minimum absolute atomic E-state index is 0.140. The molecule has 6 heteroatoms. The zero-order valence-corrected chi connectivity index (χ0v) is 16.3. The van der Waals surface area contributed by atoms with Crippen LogP contribution >= 0.6 is 0 Å². The Hall–Kier alpha value is -4.19. The van der Waals surface area contributed by atoms with Crippen molar-refractivity contribution < 1.29 is 14.4 Å². The average molecular weight is 397 g/mol. The average Bonchev–Trinajstić information content (AvgIpc) is 2.75. The van der Waals surface area contributed by atoms with E-state index in [1.54, 1.807) is 42.5 Å². The van der Waals surface area contributed by atoms with Crippen LogP contribution in [0.1, 0.15) is 37.4 Å². The van der Waals surface area contributed by atoms with Gasteiger partial charge in [0.2, 0.25) is 0 Å². The van der Waals surface area contributed by atoms with Gasteiger partial charge in [-0.1, -0.05) is 43.0 Å². The largest absolute Gasteiger partial charge is 0.398 e. The molecule has 0 spiro atoms. The number of nitrogens with one attached hydrogen (secondary N) is 1. The lowest BCUT2D eigenvalue weighted by Crippen LogP contribution is -2.39. The highest BCUT2D eigenvalue weighted by Crippen LogP contribution is 2.38. The molecule has 0 aliphatic heterocycles. The molecule has 0 atom stereocenters. The molecular weight excluding hydrogens is 378 g/mol. The first-order valence-electron chi connectivity index (χ1n) is 9.33. The third kappa shape index (κ3) is 3.04. The maximum absolute atomic E-state index is 13.4. The second kappa shape index (κ2) is 7.33. The highest BCUT2D eigenvalue weighted by molar-refractivity contribution is 6.32. The van der Waals surface area contributed by atoms with Crippen LogP contribution in [0.15, 0.2) is 73.3 Å². The van der Waals surface area contributed by atoms with Gasteiger partial charge in [0, 0.05) is 16.8 Å². The van der Waals surface area contributed by atoms with Crippen molar-refractivity contribution in [2.45, 2.75) is 6.92 Å². The van der Waals surface area contributed by atoms with Crippen LogP contribution in [0.25, 0.3) is 0 Å². The Morgan fingerprint density at radius 2 is 1.63 bits per heavy atom. The van der Waals surface area contributed by atoms with Gasteiger partial charge in [-0.2, -0.15) is 0 Å². The van der Waals surface area contributed by atoms with E-state index in [0.717, 1.165) is 11.6 Å². The first-order chi connectivity index (χ1) is 14.4. The van der Waals surface area contributed by atoms with Gasteiger partial charge < -0.3 is 5.73 Å². The lowest BCUT2D eigenvalue weighted by Gasteiger charge is -2.30. The summed E-state index contributed by atoms with van der Waals surface area (Å²) in [5, 5.41) is 1.48. The molecule has 3 N–H and O–H groups in total. The maximum atomic E-state index is 13.4. The number of nitrogens with zero attached hydrogens (tertiary/aromatic N) is 1. The van der Waals surface area contributed by atoms with Gasteiger partial charge in [0.1, 0.15) is 0 Å². The SMILES string of the molecule is C=CC(=O)NN(c1cccc(C)c1)c1ccc(N)c2c1C(=O)c1ccccc1C2=O. The van der Waals surface area contributed by atoms with E-state index in [4.69, 9.17) is 5.73 Å². The summed E-state index contributed by atoms with van der Waals surface area (Å²) in [5.74, 6) is -1.11. The quantitative estimate of drug-likeness (QED) is 0.311.